The van der Waals surface area contributed by atoms with Crippen molar-refractivity contribution in [1.29, 1.82) is 0 Å². The summed E-state index contributed by atoms with van der Waals surface area (Å²) in [6.07, 6.45) is -7.68. The molecular weight excluding hydrogens is 246 g/mol. The zero-order chi connectivity index (χ0) is 14.7. The molecule has 0 heterocycles. The van der Waals surface area contributed by atoms with Crippen molar-refractivity contribution in [3.63, 3.8) is 0 Å². The first kappa shape index (κ1) is 17.0. The van der Waals surface area contributed by atoms with E-state index in [0.29, 0.717) is 0 Å². The third kappa shape index (κ3) is 3.48. The van der Waals surface area contributed by atoms with Crippen LogP contribution in [-0.2, 0) is 4.79 Å². The predicted molar refractivity (Wildman–Crippen MR) is 60.1 cm³/mol. The Kier molecular flexibility index (Phi) is 5.87. The van der Waals surface area contributed by atoms with Crippen molar-refractivity contribution < 1.29 is 35.4 Å². The van der Waals surface area contributed by atoms with Gasteiger partial charge in [-0.1, -0.05) is 6.58 Å². The van der Waals surface area contributed by atoms with Gasteiger partial charge in [-0.25, -0.2) is 0 Å². The molecule has 0 fully saturated rings. The van der Waals surface area contributed by atoms with Crippen LogP contribution in [-0.4, -0.2) is 73.2 Å². The van der Waals surface area contributed by atoms with Gasteiger partial charge in [0.25, 0.3) is 0 Å². The molecular formula is C10H19NO7. The van der Waals surface area contributed by atoms with Gasteiger partial charge in [0.2, 0.25) is 5.91 Å². The van der Waals surface area contributed by atoms with E-state index in [4.69, 9.17) is 15.9 Å². The van der Waals surface area contributed by atoms with Crippen LogP contribution in [0.25, 0.3) is 0 Å². The molecule has 0 aromatic carbocycles. The molecule has 8 N–H and O–H groups in total. The average molecular weight is 265 g/mol. The highest BCUT2D eigenvalue weighted by molar-refractivity contribution is 5.93. The largest absolute Gasteiger partial charge is 0.394 e. The van der Waals surface area contributed by atoms with Crippen molar-refractivity contribution in [3.05, 3.63) is 12.2 Å². The number of aliphatic hydroxyl groups excluding tert-OH is 5. The summed E-state index contributed by atoms with van der Waals surface area (Å²) in [5.74, 6) is -1.09. The lowest BCUT2D eigenvalue weighted by Crippen LogP contribution is -2.56. The minimum atomic E-state index is -2.29. The molecule has 0 saturated heterocycles. The monoisotopic (exact) mass is 265 g/mol. The number of carbonyl (C=O) groups excluding carboxylic acids is 1. The first-order valence-electron chi connectivity index (χ1n) is 5.12. The Balaban J connectivity index is 4.97. The Labute approximate surface area is 104 Å². The normalized spacial score (nSPS) is 21.5. The van der Waals surface area contributed by atoms with Gasteiger partial charge >= 0.3 is 0 Å². The zero-order valence-electron chi connectivity index (χ0n) is 9.89. The van der Waals surface area contributed by atoms with Gasteiger partial charge in [-0.15, -0.1) is 0 Å². The molecule has 0 radical (unpaired) electrons. The molecule has 0 rings (SSSR count). The van der Waals surface area contributed by atoms with Crippen molar-refractivity contribution in [3.8, 4) is 0 Å². The molecule has 0 unspecified atom stereocenters. The summed E-state index contributed by atoms with van der Waals surface area (Å²) >= 11 is 0. The number of amides is 1. The van der Waals surface area contributed by atoms with Crippen LogP contribution in [0.2, 0.25) is 0 Å². The first-order valence-corrected chi connectivity index (χ1v) is 5.12. The fourth-order valence-corrected chi connectivity index (χ4v) is 1.28. The number of nitrogens with two attached hydrogens (primary N) is 1. The molecule has 0 aromatic rings. The van der Waals surface area contributed by atoms with Crippen LogP contribution in [0.3, 0.4) is 0 Å². The maximum atomic E-state index is 10.9. The van der Waals surface area contributed by atoms with Crippen LogP contribution in [0.1, 0.15) is 6.92 Å². The Bertz CT molecular complexity index is 317. The quantitative estimate of drug-likeness (QED) is 0.232. The number of hydrogen-bond acceptors (Lipinski definition) is 7. The van der Waals surface area contributed by atoms with Crippen LogP contribution in [0.15, 0.2) is 12.2 Å². The van der Waals surface area contributed by atoms with Gasteiger partial charge < -0.3 is 36.4 Å². The summed E-state index contributed by atoms with van der Waals surface area (Å²) in [4.78, 5) is 10.9. The van der Waals surface area contributed by atoms with E-state index in [2.05, 4.69) is 6.58 Å². The van der Waals surface area contributed by atoms with Gasteiger partial charge in [0.1, 0.15) is 30.0 Å². The third-order valence-electron chi connectivity index (χ3n) is 2.74. The number of primary amides is 1. The molecule has 0 bridgehead atoms. The summed E-state index contributed by atoms with van der Waals surface area (Å²) < 4.78 is 0. The summed E-state index contributed by atoms with van der Waals surface area (Å²) in [5, 5.41) is 56.1. The highest BCUT2D eigenvalue weighted by Crippen LogP contribution is 2.23. The topological polar surface area (TPSA) is 164 Å². The highest BCUT2D eigenvalue weighted by atomic mass is 16.4. The number of aliphatic hydroxyl groups is 6. The maximum absolute atomic E-state index is 10.9. The standard InChI is InChI=1S/C10H19NO7/c1-4(9(11)17)10(2,18)8(16)7(15)6(14)5(13)3-12/h5-8,12-16,18H,1,3H2,2H3,(H2,11,17)/t5-,6+,7-,8-,10-/m1/s1. The molecule has 0 spiro atoms. The van der Waals surface area contributed by atoms with Crippen molar-refractivity contribution in [1.82, 2.24) is 0 Å². The summed E-state index contributed by atoms with van der Waals surface area (Å²) in [6.45, 7) is 3.27. The molecule has 5 atom stereocenters. The van der Waals surface area contributed by atoms with Gasteiger partial charge in [-0.2, -0.15) is 0 Å². The molecule has 1 amide bonds. The Hall–Kier alpha value is -1.03. The van der Waals surface area contributed by atoms with Gasteiger partial charge in [0.05, 0.1) is 6.61 Å². The van der Waals surface area contributed by atoms with E-state index in [9.17, 15) is 25.2 Å². The van der Waals surface area contributed by atoms with Crippen molar-refractivity contribution in [2.45, 2.75) is 36.9 Å². The number of hydrogen-bond donors (Lipinski definition) is 7. The minimum absolute atomic E-state index is 0.570. The van der Waals surface area contributed by atoms with E-state index in [1.165, 1.54) is 0 Å². The lowest BCUT2D eigenvalue weighted by atomic mass is 9.85. The molecule has 0 aliphatic carbocycles. The summed E-state index contributed by atoms with van der Waals surface area (Å²) in [7, 11) is 0. The summed E-state index contributed by atoms with van der Waals surface area (Å²) in [6, 6.07) is 0. The minimum Gasteiger partial charge on any atom is -0.394 e. The zero-order valence-corrected chi connectivity index (χ0v) is 9.89. The SMILES string of the molecule is C=C(C(N)=O)[C@@](C)(O)[C@H](O)[C@H](O)[C@@H](O)[C@H](O)CO. The van der Waals surface area contributed by atoms with E-state index in [1.807, 2.05) is 0 Å². The van der Waals surface area contributed by atoms with Crippen LogP contribution < -0.4 is 5.73 Å². The van der Waals surface area contributed by atoms with Crippen molar-refractivity contribution in [2.75, 3.05) is 6.61 Å². The van der Waals surface area contributed by atoms with Gasteiger partial charge in [0, 0.05) is 5.57 Å². The van der Waals surface area contributed by atoms with Gasteiger partial charge in [-0.3, -0.25) is 4.79 Å². The second-order valence-electron chi connectivity index (χ2n) is 4.17. The van der Waals surface area contributed by atoms with E-state index in [0.717, 1.165) is 6.92 Å². The van der Waals surface area contributed by atoms with Gasteiger partial charge in [0.15, 0.2) is 0 Å². The van der Waals surface area contributed by atoms with E-state index < -0.39 is 48.1 Å². The second-order valence-corrected chi connectivity index (χ2v) is 4.17. The van der Waals surface area contributed by atoms with Crippen LogP contribution in [0.4, 0.5) is 0 Å². The summed E-state index contributed by atoms with van der Waals surface area (Å²) in [5.41, 5.74) is 2.02. The second kappa shape index (κ2) is 6.23. The molecule has 0 aliphatic rings. The molecule has 0 aromatic heterocycles. The van der Waals surface area contributed by atoms with E-state index >= 15 is 0 Å². The van der Waals surface area contributed by atoms with Crippen molar-refractivity contribution >= 4 is 5.91 Å². The van der Waals surface area contributed by atoms with Gasteiger partial charge in [-0.05, 0) is 6.92 Å². The molecule has 106 valence electrons. The Morgan fingerprint density at radius 2 is 1.72 bits per heavy atom. The molecule has 18 heavy (non-hydrogen) atoms. The molecule has 0 saturated carbocycles. The Morgan fingerprint density at radius 3 is 2.06 bits per heavy atom. The van der Waals surface area contributed by atoms with E-state index in [-0.39, 0.29) is 0 Å². The van der Waals surface area contributed by atoms with Crippen molar-refractivity contribution in [2.24, 2.45) is 5.73 Å². The smallest absolute Gasteiger partial charge is 0.247 e. The molecule has 8 nitrogen and oxygen atoms in total. The van der Waals surface area contributed by atoms with Crippen LogP contribution in [0.5, 0.6) is 0 Å². The lowest BCUT2D eigenvalue weighted by Gasteiger charge is -2.35. The Morgan fingerprint density at radius 1 is 1.28 bits per heavy atom. The number of carbonyl (C=O) groups is 1. The molecule has 8 heteroatoms. The number of rotatable bonds is 7. The van der Waals surface area contributed by atoms with Crippen LogP contribution in [0, 0.1) is 0 Å². The highest BCUT2D eigenvalue weighted by Gasteiger charge is 2.43. The fraction of sp³-hybridized carbons (Fsp3) is 0.700. The molecule has 0 aliphatic heterocycles. The maximum Gasteiger partial charge on any atom is 0.247 e. The third-order valence-corrected chi connectivity index (χ3v) is 2.74. The van der Waals surface area contributed by atoms with E-state index in [1.54, 1.807) is 0 Å². The first-order chi connectivity index (χ1) is 8.07. The lowest BCUT2D eigenvalue weighted by molar-refractivity contribution is -0.159. The predicted octanol–water partition coefficient (Wildman–Crippen LogP) is -3.79. The fourth-order valence-electron chi connectivity index (χ4n) is 1.28. The average Bonchev–Trinajstić information content (AvgIpc) is 2.33. The van der Waals surface area contributed by atoms with Crippen LogP contribution >= 0.6 is 0 Å².